The van der Waals surface area contributed by atoms with Crippen LogP contribution in [0.1, 0.15) is 10.6 Å². The summed E-state index contributed by atoms with van der Waals surface area (Å²) in [5, 5.41) is 9.95. The van der Waals surface area contributed by atoms with Crippen molar-refractivity contribution < 1.29 is 9.21 Å². The van der Waals surface area contributed by atoms with Crippen LogP contribution >= 0.6 is 11.8 Å². The Bertz CT molecular complexity index is 994. The molecule has 0 bridgehead atoms. The fourth-order valence-electron chi connectivity index (χ4n) is 2.46. The molecule has 4 rings (SSSR count). The van der Waals surface area contributed by atoms with Crippen molar-refractivity contribution in [2.75, 3.05) is 0 Å². The highest BCUT2D eigenvalue weighted by Crippen LogP contribution is 2.32. The van der Waals surface area contributed by atoms with Gasteiger partial charge in [-0.1, -0.05) is 48.5 Å². The quantitative estimate of drug-likeness (QED) is 0.498. The second-order valence-electron chi connectivity index (χ2n) is 5.22. The first-order valence-corrected chi connectivity index (χ1v) is 8.46. The first kappa shape index (κ1) is 15.4. The van der Waals surface area contributed by atoms with Crippen molar-refractivity contribution in [2.24, 2.45) is 0 Å². The van der Waals surface area contributed by atoms with Gasteiger partial charge in [-0.15, -0.1) is 10.2 Å². The van der Waals surface area contributed by atoms with Gasteiger partial charge in [0.05, 0.1) is 0 Å². The van der Waals surface area contributed by atoms with Crippen LogP contribution < -0.4 is 0 Å². The lowest BCUT2D eigenvalue weighted by Gasteiger charge is -2.09. The third-order valence-corrected chi connectivity index (χ3v) is 4.46. The van der Waals surface area contributed by atoms with Gasteiger partial charge < -0.3 is 4.42 Å². The summed E-state index contributed by atoms with van der Waals surface area (Å²) in [6, 6.07) is 23.2. The summed E-state index contributed by atoms with van der Waals surface area (Å²) in [6.07, 6.45) is 0.682. The standard InChI is InChI=1S/C19H13N3O2S/c23-13-16-11-12-17(24-16)25-19-21-20-18(14-7-3-1-4-8-14)22(19)15-9-5-2-6-10-15/h1-13H. The Kier molecular flexibility index (Phi) is 4.18. The van der Waals surface area contributed by atoms with Crippen LogP contribution in [-0.4, -0.2) is 21.1 Å². The number of benzene rings is 2. The molecule has 5 nitrogen and oxygen atoms in total. The molecule has 0 atom stereocenters. The molecule has 2 aromatic carbocycles. The predicted octanol–water partition coefficient (Wildman–Crippen LogP) is 4.49. The van der Waals surface area contributed by atoms with E-state index in [-0.39, 0.29) is 5.76 Å². The molecule has 0 unspecified atom stereocenters. The van der Waals surface area contributed by atoms with E-state index in [1.165, 1.54) is 11.8 Å². The average molecular weight is 347 g/mol. The maximum atomic E-state index is 10.8. The molecule has 0 aliphatic rings. The summed E-state index contributed by atoms with van der Waals surface area (Å²) in [6.45, 7) is 0. The van der Waals surface area contributed by atoms with Crippen LogP contribution in [0, 0.1) is 0 Å². The van der Waals surface area contributed by atoms with Crippen LogP contribution in [0.2, 0.25) is 0 Å². The van der Waals surface area contributed by atoms with E-state index in [4.69, 9.17) is 4.42 Å². The Hall–Kier alpha value is -3.12. The third-order valence-electron chi connectivity index (χ3n) is 3.59. The van der Waals surface area contributed by atoms with Gasteiger partial charge in [0.1, 0.15) is 0 Å². The summed E-state index contributed by atoms with van der Waals surface area (Å²) in [5.41, 5.74) is 1.93. The van der Waals surface area contributed by atoms with Crippen LogP contribution in [0.25, 0.3) is 17.1 Å². The molecule has 0 radical (unpaired) electrons. The fraction of sp³-hybridized carbons (Fsp3) is 0. The van der Waals surface area contributed by atoms with E-state index in [9.17, 15) is 4.79 Å². The zero-order valence-corrected chi connectivity index (χ0v) is 13.9. The number of carbonyl (C=O) groups excluding carboxylic acids is 1. The smallest absolute Gasteiger partial charge is 0.203 e. The Labute approximate surface area is 148 Å². The summed E-state index contributed by atoms with van der Waals surface area (Å²) in [5.74, 6) is 1.04. The number of hydrogen-bond acceptors (Lipinski definition) is 5. The molecular formula is C19H13N3O2S. The Morgan fingerprint density at radius 2 is 1.60 bits per heavy atom. The molecule has 0 aliphatic heterocycles. The van der Waals surface area contributed by atoms with Gasteiger partial charge in [0.25, 0.3) is 0 Å². The lowest BCUT2D eigenvalue weighted by molar-refractivity contribution is 0.109. The number of hydrogen-bond donors (Lipinski definition) is 0. The van der Waals surface area contributed by atoms with E-state index in [1.54, 1.807) is 12.1 Å². The van der Waals surface area contributed by atoms with Crippen molar-refractivity contribution in [2.45, 2.75) is 10.2 Å². The molecule has 25 heavy (non-hydrogen) atoms. The highest BCUT2D eigenvalue weighted by molar-refractivity contribution is 7.99. The minimum absolute atomic E-state index is 0.288. The maximum absolute atomic E-state index is 10.8. The summed E-state index contributed by atoms with van der Waals surface area (Å²) in [4.78, 5) is 10.8. The van der Waals surface area contributed by atoms with Gasteiger partial charge in [-0.2, -0.15) is 0 Å². The van der Waals surface area contributed by atoms with Crippen molar-refractivity contribution in [3.05, 3.63) is 78.6 Å². The monoisotopic (exact) mass is 347 g/mol. The first-order chi connectivity index (χ1) is 12.3. The van der Waals surface area contributed by atoms with E-state index in [2.05, 4.69) is 10.2 Å². The van der Waals surface area contributed by atoms with Crippen LogP contribution in [0.5, 0.6) is 0 Å². The normalized spacial score (nSPS) is 10.7. The van der Waals surface area contributed by atoms with E-state index < -0.39 is 0 Å². The van der Waals surface area contributed by atoms with Gasteiger partial charge in [-0.25, -0.2) is 0 Å². The molecular weight excluding hydrogens is 334 g/mol. The number of aldehydes is 1. The molecule has 4 aromatic rings. The SMILES string of the molecule is O=Cc1ccc(Sc2nnc(-c3ccccc3)n2-c2ccccc2)o1. The van der Waals surface area contributed by atoms with Crippen molar-refractivity contribution in [1.82, 2.24) is 14.8 Å². The summed E-state index contributed by atoms with van der Waals surface area (Å²) < 4.78 is 7.43. The van der Waals surface area contributed by atoms with Gasteiger partial charge in [-0.05, 0) is 36.0 Å². The summed E-state index contributed by atoms with van der Waals surface area (Å²) >= 11 is 1.32. The molecule has 0 saturated carbocycles. The van der Waals surface area contributed by atoms with Gasteiger partial charge in [-0.3, -0.25) is 9.36 Å². The fourth-order valence-corrected chi connectivity index (χ4v) is 3.28. The molecule has 0 spiro atoms. The molecule has 0 fully saturated rings. The van der Waals surface area contributed by atoms with E-state index in [0.717, 1.165) is 17.1 Å². The number of furan rings is 1. The van der Waals surface area contributed by atoms with Gasteiger partial charge in [0.2, 0.25) is 5.16 Å². The molecule has 0 amide bonds. The number of aromatic nitrogens is 3. The molecule has 0 N–H and O–H groups in total. The van der Waals surface area contributed by atoms with Gasteiger partial charge >= 0.3 is 0 Å². The van der Waals surface area contributed by atoms with E-state index >= 15 is 0 Å². The van der Waals surface area contributed by atoms with E-state index in [0.29, 0.717) is 16.5 Å². The third kappa shape index (κ3) is 3.12. The minimum atomic E-state index is 0.288. The first-order valence-electron chi connectivity index (χ1n) is 7.64. The molecule has 122 valence electrons. The summed E-state index contributed by atoms with van der Waals surface area (Å²) in [7, 11) is 0. The van der Waals surface area contributed by atoms with Gasteiger partial charge in [0.15, 0.2) is 23.0 Å². The van der Waals surface area contributed by atoms with E-state index in [1.807, 2.05) is 65.2 Å². The topological polar surface area (TPSA) is 60.9 Å². The minimum Gasteiger partial charge on any atom is -0.447 e. The van der Waals surface area contributed by atoms with Crippen molar-refractivity contribution in [3.8, 4) is 17.1 Å². The van der Waals surface area contributed by atoms with Crippen molar-refractivity contribution >= 4 is 18.0 Å². The molecule has 2 heterocycles. The predicted molar refractivity (Wildman–Crippen MR) is 95.0 cm³/mol. The van der Waals surface area contributed by atoms with Crippen molar-refractivity contribution in [1.29, 1.82) is 0 Å². The van der Waals surface area contributed by atoms with Crippen molar-refractivity contribution in [3.63, 3.8) is 0 Å². The Balaban J connectivity index is 1.81. The zero-order chi connectivity index (χ0) is 17.1. The Morgan fingerprint density at radius 3 is 2.28 bits per heavy atom. The van der Waals surface area contributed by atoms with Crippen LogP contribution in [0.3, 0.4) is 0 Å². The molecule has 0 aliphatic carbocycles. The molecule has 2 aromatic heterocycles. The number of carbonyl (C=O) groups is 1. The number of para-hydroxylation sites is 1. The lowest BCUT2D eigenvalue weighted by Crippen LogP contribution is -1.99. The largest absolute Gasteiger partial charge is 0.447 e. The second kappa shape index (κ2) is 6.78. The number of nitrogens with zero attached hydrogens (tertiary/aromatic N) is 3. The highest BCUT2D eigenvalue weighted by Gasteiger charge is 2.17. The molecule has 0 saturated heterocycles. The second-order valence-corrected chi connectivity index (χ2v) is 6.19. The average Bonchev–Trinajstić information content (AvgIpc) is 3.30. The van der Waals surface area contributed by atoms with Crippen LogP contribution in [-0.2, 0) is 0 Å². The molecule has 6 heteroatoms. The Morgan fingerprint density at radius 1 is 0.880 bits per heavy atom. The lowest BCUT2D eigenvalue weighted by atomic mass is 10.2. The highest BCUT2D eigenvalue weighted by atomic mass is 32.2. The number of rotatable bonds is 5. The van der Waals surface area contributed by atoms with Crippen LogP contribution in [0.4, 0.5) is 0 Å². The maximum Gasteiger partial charge on any atom is 0.203 e. The van der Waals surface area contributed by atoms with Gasteiger partial charge in [0, 0.05) is 11.3 Å². The zero-order valence-electron chi connectivity index (χ0n) is 13.1. The van der Waals surface area contributed by atoms with Crippen LogP contribution in [0.15, 0.2) is 87.5 Å².